The zero-order valence-corrected chi connectivity index (χ0v) is 26.6. The summed E-state index contributed by atoms with van der Waals surface area (Å²) in [5.74, 6) is 0.401. The molecule has 1 saturated heterocycles. The molecule has 0 unspecified atom stereocenters. The van der Waals surface area contributed by atoms with Crippen molar-refractivity contribution in [2.75, 3.05) is 30.4 Å². The Balaban J connectivity index is 0.00000372. The first-order chi connectivity index (χ1) is 22.1. The number of nitrogens with zero attached hydrogens (tertiary/aromatic N) is 3. The number of H-pyrrole nitrogens is 1. The van der Waals surface area contributed by atoms with Crippen molar-refractivity contribution >= 4 is 51.6 Å². The molecular formula is C35H41ClN8O2. The average molecular weight is 641 g/mol. The molecule has 2 aliphatic rings. The second kappa shape index (κ2) is 14.5. The van der Waals surface area contributed by atoms with Gasteiger partial charge in [-0.3, -0.25) is 14.8 Å². The predicted molar refractivity (Wildman–Crippen MR) is 185 cm³/mol. The standard InChI is InChI=1S/C35H40N8O2.ClH/c36-26-4-6-27(7-5-26)43-33-29-14-24(3-8-31(29)39-21-32(33)38-17-22-9-12-45-13-10-22)30-20-41-34-28(30)15-25(19-40-34)35(44)42-18-23-2-1-11-37-16-23;/h1-3,8,11,14-16,19-22,26-27,38H,4-7,9-10,12-13,17-18,36H2,(H,39,43)(H,40,41)(H,42,44);1H. The lowest BCUT2D eigenvalue weighted by atomic mass is 9.91. The molecule has 2 fully saturated rings. The molecule has 5 aromatic rings. The van der Waals surface area contributed by atoms with Crippen molar-refractivity contribution in [1.82, 2.24) is 25.3 Å². The predicted octanol–water partition coefficient (Wildman–Crippen LogP) is 6.05. The number of rotatable bonds is 9. The van der Waals surface area contributed by atoms with Gasteiger partial charge in [0.15, 0.2) is 0 Å². The van der Waals surface area contributed by atoms with Crippen LogP contribution in [-0.2, 0) is 11.3 Å². The van der Waals surface area contributed by atoms with Crippen LogP contribution in [0.4, 0.5) is 11.4 Å². The van der Waals surface area contributed by atoms with Gasteiger partial charge in [-0.25, -0.2) is 4.98 Å². The highest BCUT2D eigenvalue weighted by Crippen LogP contribution is 2.37. The number of nitrogens with two attached hydrogens (primary N) is 1. The molecule has 0 atom stereocenters. The van der Waals surface area contributed by atoms with Gasteiger partial charge in [0.2, 0.25) is 0 Å². The number of aromatic nitrogens is 4. The Hall–Kier alpha value is -4.25. The molecule has 0 spiro atoms. The SMILES string of the molecule is Cl.NC1CCC(Nc2c(NCC3CCOCC3)cnc3ccc(-c4c[nH]c5ncc(C(=O)NCc6cccnc6)cc45)cc23)CC1. The van der Waals surface area contributed by atoms with Gasteiger partial charge in [-0.1, -0.05) is 12.1 Å². The van der Waals surface area contributed by atoms with Crippen molar-refractivity contribution in [3.63, 3.8) is 0 Å². The summed E-state index contributed by atoms with van der Waals surface area (Å²) in [7, 11) is 0. The van der Waals surface area contributed by atoms with E-state index in [1.807, 2.05) is 30.6 Å². The van der Waals surface area contributed by atoms with E-state index >= 15 is 0 Å². The summed E-state index contributed by atoms with van der Waals surface area (Å²) in [6.07, 6.45) is 15.3. The molecule has 1 saturated carbocycles. The highest BCUT2D eigenvalue weighted by molar-refractivity contribution is 6.04. The first-order valence-corrected chi connectivity index (χ1v) is 16.0. The van der Waals surface area contributed by atoms with Gasteiger partial charge in [-0.2, -0.15) is 0 Å². The third-order valence-electron chi connectivity index (χ3n) is 9.19. The molecule has 4 aromatic heterocycles. The molecule has 6 N–H and O–H groups in total. The normalized spacial score (nSPS) is 18.6. The van der Waals surface area contributed by atoms with Gasteiger partial charge in [0.05, 0.1) is 28.7 Å². The van der Waals surface area contributed by atoms with Gasteiger partial charge in [0.1, 0.15) is 5.65 Å². The number of hydrogen-bond donors (Lipinski definition) is 5. The van der Waals surface area contributed by atoms with E-state index in [0.717, 1.165) is 108 Å². The maximum Gasteiger partial charge on any atom is 0.253 e. The Morgan fingerprint density at radius 2 is 1.83 bits per heavy atom. The second-order valence-electron chi connectivity index (χ2n) is 12.3. The number of carbonyl (C=O) groups excluding carboxylic acids is 1. The number of amides is 1. The van der Waals surface area contributed by atoms with Crippen LogP contribution in [0, 0.1) is 5.92 Å². The monoisotopic (exact) mass is 640 g/mol. The molecule has 10 nitrogen and oxygen atoms in total. The number of fused-ring (bicyclic) bond motifs is 2. The van der Waals surface area contributed by atoms with Crippen LogP contribution in [0.5, 0.6) is 0 Å². The van der Waals surface area contributed by atoms with E-state index in [2.05, 4.69) is 49.1 Å². The number of pyridine rings is 3. The second-order valence-corrected chi connectivity index (χ2v) is 12.3. The molecule has 0 bridgehead atoms. The largest absolute Gasteiger partial charge is 0.382 e. The Kier molecular flexibility index (Phi) is 9.97. The van der Waals surface area contributed by atoms with E-state index in [-0.39, 0.29) is 24.4 Å². The summed E-state index contributed by atoms with van der Waals surface area (Å²) in [4.78, 5) is 29.9. The van der Waals surface area contributed by atoms with Crippen LogP contribution in [-0.4, -0.2) is 57.7 Å². The fraction of sp³-hybridized carbons (Fsp3) is 0.371. The van der Waals surface area contributed by atoms with Gasteiger partial charge >= 0.3 is 0 Å². The number of benzene rings is 1. The number of aromatic amines is 1. The Morgan fingerprint density at radius 3 is 2.63 bits per heavy atom. The summed E-state index contributed by atoms with van der Waals surface area (Å²) >= 11 is 0. The summed E-state index contributed by atoms with van der Waals surface area (Å²) in [6, 6.07) is 12.7. The fourth-order valence-corrected chi connectivity index (χ4v) is 6.48. The van der Waals surface area contributed by atoms with E-state index in [1.165, 1.54) is 0 Å². The smallest absolute Gasteiger partial charge is 0.253 e. The molecular weight excluding hydrogens is 600 g/mol. The minimum atomic E-state index is -0.179. The van der Waals surface area contributed by atoms with Crippen molar-refractivity contribution in [1.29, 1.82) is 0 Å². The summed E-state index contributed by atoms with van der Waals surface area (Å²) in [5, 5.41) is 12.6. The van der Waals surface area contributed by atoms with E-state index < -0.39 is 0 Å². The van der Waals surface area contributed by atoms with Crippen LogP contribution < -0.4 is 21.7 Å². The molecule has 7 rings (SSSR count). The van der Waals surface area contributed by atoms with Crippen LogP contribution >= 0.6 is 12.4 Å². The quantitative estimate of drug-likeness (QED) is 0.131. The molecule has 1 aliphatic heterocycles. The van der Waals surface area contributed by atoms with Crippen molar-refractivity contribution < 1.29 is 9.53 Å². The minimum absolute atomic E-state index is 0. The van der Waals surface area contributed by atoms with Crippen molar-refractivity contribution in [3.05, 3.63) is 78.5 Å². The number of ether oxygens (including phenoxy) is 1. The number of nitrogens with one attached hydrogen (secondary N) is 4. The number of anilines is 2. The van der Waals surface area contributed by atoms with E-state index in [9.17, 15) is 4.79 Å². The van der Waals surface area contributed by atoms with Crippen LogP contribution in [0.1, 0.15) is 54.4 Å². The molecule has 11 heteroatoms. The Bertz CT molecular complexity index is 1780. The molecule has 46 heavy (non-hydrogen) atoms. The molecule has 240 valence electrons. The highest BCUT2D eigenvalue weighted by Gasteiger charge is 2.22. The summed E-state index contributed by atoms with van der Waals surface area (Å²) < 4.78 is 5.58. The van der Waals surface area contributed by atoms with Gasteiger partial charge in [-0.15, -0.1) is 12.4 Å². The first kappa shape index (κ1) is 31.7. The van der Waals surface area contributed by atoms with Crippen LogP contribution in [0.3, 0.4) is 0 Å². The Labute approximate surface area is 274 Å². The molecule has 5 heterocycles. The van der Waals surface area contributed by atoms with E-state index in [0.29, 0.717) is 24.1 Å². The number of halogens is 1. The Morgan fingerprint density at radius 1 is 0.978 bits per heavy atom. The van der Waals surface area contributed by atoms with Gasteiger partial charge in [0.25, 0.3) is 5.91 Å². The number of carbonyl (C=O) groups is 1. The molecule has 1 aliphatic carbocycles. The van der Waals surface area contributed by atoms with Gasteiger partial charge in [-0.05, 0) is 79.8 Å². The lowest BCUT2D eigenvalue weighted by molar-refractivity contribution is 0.0699. The lowest BCUT2D eigenvalue weighted by Gasteiger charge is -2.29. The van der Waals surface area contributed by atoms with Crippen LogP contribution in [0.25, 0.3) is 33.1 Å². The van der Waals surface area contributed by atoms with Gasteiger partial charge < -0.3 is 31.4 Å². The topological polar surface area (TPSA) is 143 Å². The highest BCUT2D eigenvalue weighted by atomic mass is 35.5. The van der Waals surface area contributed by atoms with Crippen molar-refractivity contribution in [3.8, 4) is 11.1 Å². The molecule has 1 amide bonds. The number of hydrogen-bond acceptors (Lipinski definition) is 8. The van der Waals surface area contributed by atoms with E-state index in [4.69, 9.17) is 15.5 Å². The maximum atomic E-state index is 13.1. The van der Waals surface area contributed by atoms with Crippen molar-refractivity contribution in [2.24, 2.45) is 11.7 Å². The molecule has 0 radical (unpaired) electrons. The lowest BCUT2D eigenvalue weighted by Crippen LogP contribution is -2.33. The zero-order chi connectivity index (χ0) is 30.6. The van der Waals surface area contributed by atoms with Crippen LogP contribution in [0.15, 0.2) is 67.4 Å². The zero-order valence-electron chi connectivity index (χ0n) is 25.8. The minimum Gasteiger partial charge on any atom is -0.382 e. The maximum absolute atomic E-state index is 13.1. The van der Waals surface area contributed by atoms with E-state index in [1.54, 1.807) is 18.6 Å². The van der Waals surface area contributed by atoms with Crippen LogP contribution in [0.2, 0.25) is 0 Å². The fourth-order valence-electron chi connectivity index (χ4n) is 6.48. The first-order valence-electron chi connectivity index (χ1n) is 16.0. The average Bonchev–Trinajstić information content (AvgIpc) is 3.52. The summed E-state index contributed by atoms with van der Waals surface area (Å²) in [6.45, 7) is 2.94. The summed E-state index contributed by atoms with van der Waals surface area (Å²) in [5.41, 5.74) is 13.5. The third kappa shape index (κ3) is 7.09. The van der Waals surface area contributed by atoms with Crippen molar-refractivity contribution in [2.45, 2.75) is 57.2 Å². The molecule has 1 aromatic carbocycles. The van der Waals surface area contributed by atoms with Gasteiger partial charge in [0, 0.05) is 79.5 Å². The third-order valence-corrected chi connectivity index (χ3v) is 9.19.